The van der Waals surface area contributed by atoms with Crippen molar-refractivity contribution >= 4 is 17.5 Å². The van der Waals surface area contributed by atoms with Gasteiger partial charge in [0.1, 0.15) is 5.69 Å². The first-order valence-electron chi connectivity index (χ1n) is 8.49. The first-order chi connectivity index (χ1) is 12.4. The summed E-state index contributed by atoms with van der Waals surface area (Å²) in [6.07, 6.45) is -0.300. The molecule has 0 bridgehead atoms. The van der Waals surface area contributed by atoms with Gasteiger partial charge in [0, 0.05) is 13.1 Å². The molecule has 0 saturated carbocycles. The van der Waals surface area contributed by atoms with Crippen LogP contribution in [0.3, 0.4) is 0 Å². The van der Waals surface area contributed by atoms with Crippen molar-refractivity contribution in [3.63, 3.8) is 0 Å². The number of benzene rings is 1. The lowest BCUT2D eigenvalue weighted by molar-refractivity contribution is -0.138. The van der Waals surface area contributed by atoms with Crippen molar-refractivity contribution in [1.82, 2.24) is 15.1 Å². The maximum Gasteiger partial charge on any atom is 0.416 e. The first-order valence-corrected chi connectivity index (χ1v) is 8.87. The SMILES string of the molecule is O=C(c1[nH]ncc1Cl)N1CCC[C@@H](CCc2ccccc2C(F)(F)F)C1. The lowest BCUT2D eigenvalue weighted by Crippen LogP contribution is -2.40. The summed E-state index contributed by atoms with van der Waals surface area (Å²) in [7, 11) is 0. The normalized spacial score (nSPS) is 18.2. The summed E-state index contributed by atoms with van der Waals surface area (Å²) >= 11 is 5.94. The van der Waals surface area contributed by atoms with Gasteiger partial charge in [-0.2, -0.15) is 18.3 Å². The quantitative estimate of drug-likeness (QED) is 0.838. The van der Waals surface area contributed by atoms with Crippen molar-refractivity contribution in [2.45, 2.75) is 31.9 Å². The van der Waals surface area contributed by atoms with Gasteiger partial charge in [-0.3, -0.25) is 9.89 Å². The van der Waals surface area contributed by atoms with Crippen molar-refractivity contribution < 1.29 is 18.0 Å². The van der Waals surface area contributed by atoms with E-state index in [1.807, 2.05) is 0 Å². The summed E-state index contributed by atoms with van der Waals surface area (Å²) in [6, 6.07) is 5.67. The zero-order valence-electron chi connectivity index (χ0n) is 14.0. The molecule has 1 aliphatic heterocycles. The van der Waals surface area contributed by atoms with Crippen LogP contribution in [0.1, 0.15) is 40.9 Å². The van der Waals surface area contributed by atoms with Crippen LogP contribution in [0.2, 0.25) is 5.02 Å². The van der Waals surface area contributed by atoms with E-state index in [2.05, 4.69) is 10.2 Å². The van der Waals surface area contributed by atoms with Gasteiger partial charge in [0.25, 0.3) is 5.91 Å². The molecule has 1 aromatic heterocycles. The number of H-pyrrole nitrogens is 1. The molecule has 0 aliphatic carbocycles. The predicted octanol–water partition coefficient (Wildman–Crippen LogP) is 4.57. The van der Waals surface area contributed by atoms with E-state index >= 15 is 0 Å². The standard InChI is InChI=1S/C18H19ClF3N3O/c19-15-10-23-24-16(15)17(26)25-9-3-4-12(11-25)7-8-13-5-1-2-6-14(13)18(20,21)22/h1-2,5-6,10,12H,3-4,7-9,11H2,(H,23,24)/t12-/m0/s1. The van der Waals surface area contributed by atoms with Crippen molar-refractivity contribution in [3.8, 4) is 0 Å². The summed E-state index contributed by atoms with van der Waals surface area (Å²) in [5, 5.41) is 6.63. The van der Waals surface area contributed by atoms with Gasteiger partial charge >= 0.3 is 6.18 Å². The molecule has 1 amide bonds. The lowest BCUT2D eigenvalue weighted by Gasteiger charge is -2.32. The van der Waals surface area contributed by atoms with E-state index in [1.54, 1.807) is 11.0 Å². The van der Waals surface area contributed by atoms with Gasteiger partial charge in [-0.15, -0.1) is 0 Å². The van der Waals surface area contributed by atoms with Gasteiger partial charge in [-0.1, -0.05) is 29.8 Å². The predicted molar refractivity (Wildman–Crippen MR) is 92.0 cm³/mol. The van der Waals surface area contributed by atoms with Crippen LogP contribution in [0.5, 0.6) is 0 Å². The molecule has 3 rings (SSSR count). The summed E-state index contributed by atoms with van der Waals surface area (Å²) in [5.74, 6) is -0.0522. The fourth-order valence-electron chi connectivity index (χ4n) is 3.44. The molecular weight excluding hydrogens is 367 g/mol. The molecule has 26 heavy (non-hydrogen) atoms. The number of piperidine rings is 1. The fraction of sp³-hybridized carbons (Fsp3) is 0.444. The molecule has 0 spiro atoms. The van der Waals surface area contributed by atoms with Crippen LogP contribution < -0.4 is 0 Å². The topological polar surface area (TPSA) is 49.0 Å². The Balaban J connectivity index is 1.63. The largest absolute Gasteiger partial charge is 0.416 e. The van der Waals surface area contributed by atoms with Crippen molar-refractivity contribution in [2.24, 2.45) is 5.92 Å². The third kappa shape index (κ3) is 4.20. The van der Waals surface area contributed by atoms with Crippen molar-refractivity contribution in [3.05, 3.63) is 52.3 Å². The number of carbonyl (C=O) groups excluding carboxylic acids is 1. The van der Waals surface area contributed by atoms with E-state index in [0.29, 0.717) is 31.5 Å². The van der Waals surface area contributed by atoms with Gasteiger partial charge in [-0.05, 0) is 43.2 Å². The van der Waals surface area contributed by atoms with Gasteiger partial charge in [0.05, 0.1) is 16.8 Å². The number of aromatic amines is 1. The first kappa shape index (κ1) is 18.8. The Morgan fingerprint density at radius 2 is 2.12 bits per heavy atom. The van der Waals surface area contributed by atoms with Crippen LogP contribution in [-0.4, -0.2) is 34.1 Å². The van der Waals surface area contributed by atoms with E-state index in [4.69, 9.17) is 11.6 Å². The monoisotopic (exact) mass is 385 g/mol. The maximum atomic E-state index is 13.1. The molecule has 1 saturated heterocycles. The Bertz CT molecular complexity index is 775. The molecular formula is C18H19ClF3N3O. The highest BCUT2D eigenvalue weighted by Crippen LogP contribution is 2.33. The molecule has 2 heterocycles. The number of hydrogen-bond donors (Lipinski definition) is 1. The second-order valence-corrected chi connectivity index (χ2v) is 6.95. The molecule has 8 heteroatoms. The molecule has 1 N–H and O–H groups in total. The number of nitrogens with one attached hydrogen (secondary N) is 1. The van der Waals surface area contributed by atoms with E-state index in [-0.39, 0.29) is 22.5 Å². The highest BCUT2D eigenvalue weighted by Gasteiger charge is 2.33. The highest BCUT2D eigenvalue weighted by molar-refractivity contribution is 6.33. The Hall–Kier alpha value is -2.02. The molecule has 140 valence electrons. The molecule has 1 aromatic carbocycles. The fourth-order valence-corrected chi connectivity index (χ4v) is 3.61. The minimum absolute atomic E-state index is 0.163. The third-order valence-corrected chi connectivity index (χ3v) is 5.04. The van der Waals surface area contributed by atoms with E-state index in [9.17, 15) is 18.0 Å². The van der Waals surface area contributed by atoms with Crippen LogP contribution in [-0.2, 0) is 12.6 Å². The number of alkyl halides is 3. The number of likely N-dealkylation sites (tertiary alicyclic amines) is 1. The van der Waals surface area contributed by atoms with Crippen molar-refractivity contribution in [1.29, 1.82) is 0 Å². The summed E-state index contributed by atoms with van der Waals surface area (Å²) in [4.78, 5) is 14.2. The Morgan fingerprint density at radius 3 is 2.81 bits per heavy atom. The van der Waals surface area contributed by atoms with E-state index < -0.39 is 11.7 Å². The van der Waals surface area contributed by atoms with Gasteiger partial charge in [-0.25, -0.2) is 0 Å². The second-order valence-electron chi connectivity index (χ2n) is 6.55. The number of aryl methyl sites for hydroxylation is 1. The number of nitrogens with zero attached hydrogens (tertiary/aromatic N) is 2. The number of rotatable bonds is 4. The number of amides is 1. The van der Waals surface area contributed by atoms with Crippen molar-refractivity contribution in [2.75, 3.05) is 13.1 Å². The molecule has 0 unspecified atom stereocenters. The van der Waals surface area contributed by atoms with Crippen LogP contribution in [0, 0.1) is 5.92 Å². The maximum absolute atomic E-state index is 13.1. The summed E-state index contributed by atoms with van der Waals surface area (Å²) in [5.41, 5.74) is -0.0113. The molecule has 1 aliphatic rings. The van der Waals surface area contributed by atoms with E-state index in [0.717, 1.165) is 18.9 Å². The van der Waals surface area contributed by atoms with Gasteiger partial charge in [0.15, 0.2) is 0 Å². The molecule has 0 radical (unpaired) electrons. The zero-order chi connectivity index (χ0) is 18.7. The zero-order valence-corrected chi connectivity index (χ0v) is 14.8. The lowest BCUT2D eigenvalue weighted by atomic mass is 9.90. The molecule has 2 aromatic rings. The van der Waals surface area contributed by atoms with Gasteiger partial charge < -0.3 is 4.90 Å². The van der Waals surface area contributed by atoms with Crippen LogP contribution in [0.25, 0.3) is 0 Å². The number of carbonyl (C=O) groups is 1. The number of aromatic nitrogens is 2. The minimum atomic E-state index is -4.34. The molecule has 1 fully saturated rings. The Morgan fingerprint density at radius 1 is 1.35 bits per heavy atom. The third-order valence-electron chi connectivity index (χ3n) is 4.76. The number of halogens is 4. The highest BCUT2D eigenvalue weighted by atomic mass is 35.5. The Kier molecular flexibility index (Phi) is 5.55. The summed E-state index contributed by atoms with van der Waals surface area (Å²) in [6.45, 7) is 1.13. The molecule has 4 nitrogen and oxygen atoms in total. The smallest absolute Gasteiger partial charge is 0.337 e. The van der Waals surface area contributed by atoms with E-state index in [1.165, 1.54) is 18.3 Å². The average Bonchev–Trinajstić information content (AvgIpc) is 3.05. The number of hydrogen-bond acceptors (Lipinski definition) is 2. The van der Waals surface area contributed by atoms with Gasteiger partial charge in [0.2, 0.25) is 0 Å². The Labute approximate surface area is 154 Å². The molecule has 1 atom stereocenters. The van der Waals surface area contributed by atoms with Crippen LogP contribution in [0.4, 0.5) is 13.2 Å². The average molecular weight is 386 g/mol. The summed E-state index contributed by atoms with van der Waals surface area (Å²) < 4.78 is 39.3. The van der Waals surface area contributed by atoms with Crippen LogP contribution >= 0.6 is 11.6 Å². The minimum Gasteiger partial charge on any atom is -0.337 e. The second kappa shape index (κ2) is 7.70. The van der Waals surface area contributed by atoms with Crippen LogP contribution in [0.15, 0.2) is 30.5 Å².